The van der Waals surface area contributed by atoms with Crippen LogP contribution in [0.5, 0.6) is 11.5 Å². The zero-order valence-electron chi connectivity index (χ0n) is 50.4. The van der Waals surface area contributed by atoms with Gasteiger partial charge in [-0.15, -0.1) is 0 Å². The summed E-state index contributed by atoms with van der Waals surface area (Å²) in [4.78, 5) is 10.3. The van der Waals surface area contributed by atoms with Gasteiger partial charge in [0.25, 0.3) is 0 Å². The number of benzene rings is 11. The smallest absolute Gasteiger partial charge is 0.0579 e. The Bertz CT molecular complexity index is 4830. The Labute approximate surface area is 526 Å². The molecule has 88 heavy (non-hydrogen) atoms. The molecule has 2 aliphatic rings. The first-order valence-corrected chi connectivity index (χ1v) is 31.4. The Kier molecular flexibility index (Phi) is 13.4. The molecule has 0 bridgehead atoms. The summed E-state index contributed by atoms with van der Waals surface area (Å²) in [7, 11) is 0. The van der Waals surface area contributed by atoms with Gasteiger partial charge in [-0.25, -0.2) is 0 Å². The van der Waals surface area contributed by atoms with Crippen LogP contribution in [-0.4, -0.2) is 14.1 Å². The topological polar surface area (TPSA) is 38.5 Å². The number of rotatable bonds is 9. The summed E-state index contributed by atoms with van der Waals surface area (Å²) >= 11 is 2.53. The van der Waals surface area contributed by atoms with E-state index < -0.39 is 5.41 Å². The van der Waals surface area contributed by atoms with Gasteiger partial charge in [-0.2, -0.15) is 0 Å². The second-order valence-electron chi connectivity index (χ2n) is 24.5. The molecule has 0 saturated carbocycles. The predicted octanol–water partition coefficient (Wildman–Crippen LogP) is 21.2. The van der Waals surface area contributed by atoms with Crippen molar-refractivity contribution >= 4 is 45.3 Å². The van der Waals surface area contributed by atoms with Crippen molar-refractivity contribution in [3.8, 4) is 56.3 Å². The molecule has 15 rings (SSSR count). The third-order valence-corrected chi connectivity index (χ3v) is 19.3. The summed E-state index contributed by atoms with van der Waals surface area (Å²) < 4.78 is 13.1. The summed E-state index contributed by atoms with van der Waals surface area (Å²) in [6, 6.07) is 95.1. The third-order valence-electron chi connectivity index (χ3n) is 18.3. The Hall–Kier alpha value is -9.87. The first-order chi connectivity index (χ1) is 42.9. The molecule has 0 N–H and O–H groups in total. The average molecular weight is 1320 g/mol. The Balaban J connectivity index is 0.908. The molecule has 13 aromatic rings. The zero-order valence-corrected chi connectivity index (χ0v) is 52.6. The van der Waals surface area contributed by atoms with Crippen LogP contribution in [0.1, 0.15) is 70.8 Å². The number of hydrogen-bond acceptors (Lipinski definition) is 4. The van der Waals surface area contributed by atoms with Crippen molar-refractivity contribution in [3.05, 3.63) is 321 Å². The molecule has 2 aliphatic heterocycles. The van der Waals surface area contributed by atoms with Crippen LogP contribution in [0.25, 0.3) is 55.8 Å². The maximum absolute atomic E-state index is 7.25. The Morgan fingerprint density at radius 2 is 0.898 bits per heavy atom. The molecule has 0 fully saturated rings. The molecule has 11 aromatic carbocycles. The number of anilines is 6. The van der Waals surface area contributed by atoms with Crippen molar-refractivity contribution in [2.24, 2.45) is 0 Å². The summed E-state index contributed by atoms with van der Waals surface area (Å²) in [5.74, 6) is 2.25. The normalized spacial score (nSPS) is 13.1. The standard InChI is InChI=1S/C81H65N5O.Pt/c1-53-46-62(47-54(2)56(53)4)85-72-35-17-14-32-68(72)81(69-33-15-18-36-73(69)85)70-34-16-19-37-74(70)86(78-48-55(3)67(51-82-78)59-40-42-60(43-41-59)80(5,6)7)77-50-64(44-45-71(77)81)87-63-29-22-28-61(49-63)83-52-84(76-39-21-20-38-75(76)83)79-65(57-24-10-8-11-25-57)30-23-31-66(79)58-26-12-9-13-27-58;/h8-51H,1-7H3;. The van der Waals surface area contributed by atoms with Crippen molar-refractivity contribution in [3.63, 3.8) is 0 Å². The molecule has 7 heteroatoms. The van der Waals surface area contributed by atoms with E-state index in [2.05, 4.69) is 354 Å². The van der Waals surface area contributed by atoms with E-state index in [-0.39, 0.29) is 5.41 Å². The second-order valence-corrected chi connectivity index (χ2v) is 25.5. The number of fused-ring (bicyclic) bond motifs is 9. The van der Waals surface area contributed by atoms with Crippen LogP contribution in [0.3, 0.4) is 0 Å². The number of ether oxygens (including phenoxy) is 1. The van der Waals surface area contributed by atoms with Crippen molar-refractivity contribution in [2.75, 3.05) is 9.80 Å². The number of aryl methyl sites for hydroxylation is 3. The first kappa shape index (κ1) is 54.8. The quantitative estimate of drug-likeness (QED) is 0.144. The fourth-order valence-electron chi connectivity index (χ4n) is 13.8. The van der Waals surface area contributed by atoms with Crippen LogP contribution in [0.4, 0.5) is 34.3 Å². The van der Waals surface area contributed by atoms with E-state index >= 15 is 0 Å². The molecular weight excluding hydrogens is 1250 g/mol. The number of hydrogen-bond donors (Lipinski definition) is 0. The summed E-state index contributed by atoms with van der Waals surface area (Å²) in [5, 5.41) is 0. The van der Waals surface area contributed by atoms with Gasteiger partial charge in [0.2, 0.25) is 0 Å². The summed E-state index contributed by atoms with van der Waals surface area (Å²) in [5.41, 5.74) is 26.9. The van der Waals surface area contributed by atoms with Gasteiger partial charge in [0.15, 0.2) is 0 Å². The zero-order chi connectivity index (χ0) is 60.0. The van der Waals surface area contributed by atoms with Gasteiger partial charge in [0.1, 0.15) is 0 Å². The van der Waals surface area contributed by atoms with E-state index in [1.54, 1.807) is 0 Å². The van der Waals surface area contributed by atoms with E-state index in [1.807, 2.05) is 0 Å². The van der Waals surface area contributed by atoms with E-state index in [0.717, 1.165) is 105 Å². The number of nitrogens with zero attached hydrogens (tertiary/aromatic N) is 5. The molecule has 4 heterocycles. The maximum atomic E-state index is 7.25. The van der Waals surface area contributed by atoms with E-state index in [0.29, 0.717) is 11.5 Å². The SMILES string of the molecule is Cc1cc(N2c3ccccc3C3(c4ccccc4N(c4cc(C)c(C)c(C)c4)c4ccccc43)c3ccc(Oc4cccc(-n5[c](=[Pt])n(-c6c(-c7ccccc7)cccc6-c6ccccc6)c6ccccc65)c4)cc32)ncc1-c1ccc(C(C)(C)C)cc1. The molecule has 0 radical (unpaired) electrons. The second kappa shape index (κ2) is 21.5. The van der Waals surface area contributed by atoms with Gasteiger partial charge < -0.3 is 4.90 Å². The number of para-hydroxylation sites is 6. The molecule has 0 amide bonds. The number of pyridine rings is 1. The minimum absolute atomic E-state index is 0.0489. The van der Waals surface area contributed by atoms with E-state index in [4.69, 9.17) is 9.72 Å². The van der Waals surface area contributed by atoms with Crippen LogP contribution < -0.4 is 14.5 Å². The van der Waals surface area contributed by atoms with Gasteiger partial charge in [-0.1, -0.05) is 99.6 Å². The van der Waals surface area contributed by atoms with Crippen LogP contribution in [0, 0.1) is 31.5 Å². The monoisotopic (exact) mass is 1320 g/mol. The fraction of sp³-hybridized carbons (Fsp3) is 0.111. The number of aromatic nitrogens is 3. The molecule has 0 saturated heterocycles. The Morgan fingerprint density at radius 1 is 0.398 bits per heavy atom. The van der Waals surface area contributed by atoms with Crippen molar-refractivity contribution in [1.82, 2.24) is 14.1 Å². The molecular formula is C81H65N5OPt. The molecule has 2 aromatic heterocycles. The van der Waals surface area contributed by atoms with Crippen molar-refractivity contribution < 1.29 is 24.1 Å². The summed E-state index contributed by atoms with van der Waals surface area (Å²) in [6.45, 7) is 15.7. The van der Waals surface area contributed by atoms with Crippen LogP contribution in [0.15, 0.2) is 267 Å². The fourth-order valence-corrected chi connectivity index (χ4v) is 14.9. The summed E-state index contributed by atoms with van der Waals surface area (Å²) in [6.07, 6.45) is 2.06. The van der Waals surface area contributed by atoms with Crippen molar-refractivity contribution in [1.29, 1.82) is 0 Å². The first-order valence-electron chi connectivity index (χ1n) is 30.3. The minimum Gasteiger partial charge on any atom is -0.0579 e. The van der Waals surface area contributed by atoms with E-state index in [9.17, 15) is 0 Å². The number of imidazole rings is 1. The molecule has 430 valence electrons. The molecule has 0 unspecified atom stereocenters. The molecule has 6 nitrogen and oxygen atoms in total. The van der Waals surface area contributed by atoms with Gasteiger partial charge in [0.05, 0.1) is 11.4 Å². The van der Waals surface area contributed by atoms with Crippen LogP contribution >= 0.6 is 0 Å². The minimum atomic E-state index is -0.760. The van der Waals surface area contributed by atoms with Gasteiger partial charge in [-0.3, -0.25) is 0 Å². The Morgan fingerprint density at radius 3 is 1.48 bits per heavy atom. The van der Waals surface area contributed by atoms with Crippen LogP contribution in [0.2, 0.25) is 0 Å². The van der Waals surface area contributed by atoms with Gasteiger partial charge in [-0.05, 0) is 90.8 Å². The van der Waals surface area contributed by atoms with Gasteiger partial charge in [0, 0.05) is 17.4 Å². The average Bonchev–Trinajstić information content (AvgIpc) is 0.806. The predicted molar refractivity (Wildman–Crippen MR) is 359 cm³/mol. The molecule has 0 atom stereocenters. The third kappa shape index (κ3) is 8.87. The molecule has 0 aliphatic carbocycles. The van der Waals surface area contributed by atoms with Crippen LogP contribution in [-0.2, 0) is 30.2 Å². The van der Waals surface area contributed by atoms with Crippen molar-refractivity contribution in [2.45, 2.75) is 59.3 Å². The van der Waals surface area contributed by atoms with E-state index in [1.165, 1.54) is 38.9 Å². The van der Waals surface area contributed by atoms with Gasteiger partial charge >= 0.3 is 306 Å². The molecule has 1 spiro atoms.